The van der Waals surface area contributed by atoms with Gasteiger partial charge in [-0.05, 0) is 44.0 Å². The quantitative estimate of drug-likeness (QED) is 0.694. The third kappa shape index (κ3) is 1.29. The first-order valence-electron chi connectivity index (χ1n) is 5.93. The second-order valence-corrected chi connectivity index (χ2v) is 5.74. The number of ether oxygens (including phenoxy) is 1. The summed E-state index contributed by atoms with van der Waals surface area (Å²) in [5, 5.41) is 0. The van der Waals surface area contributed by atoms with Crippen LogP contribution in [0.15, 0.2) is 18.2 Å². The van der Waals surface area contributed by atoms with Gasteiger partial charge in [0.2, 0.25) is 5.91 Å². The molecule has 1 saturated heterocycles. The van der Waals surface area contributed by atoms with E-state index >= 15 is 0 Å². The first kappa shape index (κ1) is 10.8. The number of carbonyl (C=O) groups excluding carboxylic acids is 1. The van der Waals surface area contributed by atoms with Crippen LogP contribution in [0.5, 0.6) is 0 Å². The molecule has 1 unspecified atom stereocenters. The molecule has 1 fully saturated rings. The van der Waals surface area contributed by atoms with Gasteiger partial charge in [-0.2, -0.15) is 0 Å². The number of rotatable bonds is 1. The molecule has 90 valence electrons. The van der Waals surface area contributed by atoms with Crippen molar-refractivity contribution < 1.29 is 9.53 Å². The molecule has 3 nitrogen and oxygen atoms in total. The zero-order valence-corrected chi connectivity index (χ0v) is 10.7. The summed E-state index contributed by atoms with van der Waals surface area (Å²) in [6.45, 7) is 6.83. The third-order valence-corrected chi connectivity index (χ3v) is 4.06. The SMILES string of the molecule is CN1C(=O)C(C)(C)c2cc(C3(C)CO3)ccc21. The van der Waals surface area contributed by atoms with Gasteiger partial charge < -0.3 is 9.64 Å². The molecule has 1 aromatic rings. The molecule has 0 spiro atoms. The lowest BCUT2D eigenvalue weighted by Gasteiger charge is -2.17. The van der Waals surface area contributed by atoms with Gasteiger partial charge in [-0.1, -0.05) is 6.07 Å². The van der Waals surface area contributed by atoms with E-state index in [1.54, 1.807) is 4.90 Å². The summed E-state index contributed by atoms with van der Waals surface area (Å²) in [5.74, 6) is 0.159. The van der Waals surface area contributed by atoms with Gasteiger partial charge in [0.1, 0.15) is 5.60 Å². The minimum Gasteiger partial charge on any atom is -0.365 e. The molecule has 3 heteroatoms. The summed E-state index contributed by atoms with van der Waals surface area (Å²) in [7, 11) is 1.84. The average molecular weight is 231 g/mol. The Kier molecular flexibility index (Phi) is 1.84. The van der Waals surface area contributed by atoms with Crippen LogP contribution in [-0.4, -0.2) is 19.6 Å². The zero-order chi connectivity index (χ0) is 12.4. The van der Waals surface area contributed by atoms with E-state index in [0.29, 0.717) is 0 Å². The summed E-state index contributed by atoms with van der Waals surface area (Å²) < 4.78 is 5.47. The van der Waals surface area contributed by atoms with Crippen LogP contribution in [0, 0.1) is 0 Å². The highest BCUT2D eigenvalue weighted by molar-refractivity contribution is 6.07. The predicted octanol–water partition coefficient (Wildman–Crippen LogP) is 2.19. The molecular formula is C14H17NO2. The molecule has 2 heterocycles. The van der Waals surface area contributed by atoms with Gasteiger partial charge >= 0.3 is 0 Å². The van der Waals surface area contributed by atoms with Gasteiger partial charge in [-0.25, -0.2) is 0 Å². The van der Waals surface area contributed by atoms with Crippen LogP contribution >= 0.6 is 0 Å². The monoisotopic (exact) mass is 231 g/mol. The third-order valence-electron chi connectivity index (χ3n) is 4.06. The summed E-state index contributed by atoms with van der Waals surface area (Å²) in [5.41, 5.74) is 2.75. The molecule has 2 aliphatic heterocycles. The first-order chi connectivity index (χ1) is 7.86. The van der Waals surface area contributed by atoms with E-state index < -0.39 is 5.41 Å². The van der Waals surface area contributed by atoms with Crippen LogP contribution in [-0.2, 0) is 20.5 Å². The predicted molar refractivity (Wildman–Crippen MR) is 66.2 cm³/mol. The fraction of sp³-hybridized carbons (Fsp3) is 0.500. The van der Waals surface area contributed by atoms with Crippen molar-refractivity contribution in [1.82, 2.24) is 0 Å². The fourth-order valence-corrected chi connectivity index (χ4v) is 2.58. The van der Waals surface area contributed by atoms with E-state index in [1.807, 2.05) is 27.0 Å². The van der Waals surface area contributed by atoms with Crippen molar-refractivity contribution in [2.45, 2.75) is 31.8 Å². The number of amides is 1. The lowest BCUT2D eigenvalue weighted by atomic mass is 9.84. The Hall–Kier alpha value is -1.35. The van der Waals surface area contributed by atoms with Crippen LogP contribution in [0.3, 0.4) is 0 Å². The lowest BCUT2D eigenvalue weighted by Crippen LogP contribution is -2.33. The molecule has 0 aliphatic carbocycles. The summed E-state index contributed by atoms with van der Waals surface area (Å²) in [6, 6.07) is 6.23. The van der Waals surface area contributed by atoms with E-state index in [9.17, 15) is 4.79 Å². The smallest absolute Gasteiger partial charge is 0.236 e. The van der Waals surface area contributed by atoms with E-state index in [1.165, 1.54) is 5.56 Å². The molecule has 1 aromatic carbocycles. The highest BCUT2D eigenvalue weighted by Gasteiger charge is 2.46. The Morgan fingerprint density at radius 1 is 1.29 bits per heavy atom. The Morgan fingerprint density at radius 3 is 2.53 bits per heavy atom. The molecule has 3 rings (SSSR count). The van der Waals surface area contributed by atoms with Crippen LogP contribution in [0.1, 0.15) is 31.9 Å². The number of carbonyl (C=O) groups is 1. The number of anilines is 1. The van der Waals surface area contributed by atoms with Crippen LogP contribution in [0.4, 0.5) is 5.69 Å². The molecule has 2 aliphatic rings. The Balaban J connectivity index is 2.16. The topological polar surface area (TPSA) is 32.8 Å². The number of likely N-dealkylation sites (N-methyl/N-ethyl adjacent to an activating group) is 1. The van der Waals surface area contributed by atoms with Crippen LogP contribution in [0.25, 0.3) is 0 Å². The highest BCUT2D eigenvalue weighted by Crippen LogP contribution is 2.45. The van der Waals surface area contributed by atoms with Crippen molar-refractivity contribution in [3.05, 3.63) is 29.3 Å². The van der Waals surface area contributed by atoms with Gasteiger partial charge in [-0.15, -0.1) is 0 Å². The van der Waals surface area contributed by atoms with Crippen LogP contribution < -0.4 is 4.90 Å². The maximum atomic E-state index is 12.2. The van der Waals surface area contributed by atoms with E-state index in [2.05, 4.69) is 19.1 Å². The number of hydrogen-bond acceptors (Lipinski definition) is 2. The fourth-order valence-electron chi connectivity index (χ4n) is 2.58. The largest absolute Gasteiger partial charge is 0.365 e. The van der Waals surface area contributed by atoms with Crippen molar-refractivity contribution in [2.75, 3.05) is 18.6 Å². The van der Waals surface area contributed by atoms with Gasteiger partial charge in [0, 0.05) is 12.7 Å². The lowest BCUT2D eigenvalue weighted by molar-refractivity contribution is -0.121. The van der Waals surface area contributed by atoms with Gasteiger partial charge in [0.05, 0.1) is 12.0 Å². The maximum absolute atomic E-state index is 12.2. The molecule has 0 N–H and O–H groups in total. The molecular weight excluding hydrogens is 214 g/mol. The minimum atomic E-state index is -0.425. The first-order valence-corrected chi connectivity index (χ1v) is 5.93. The van der Waals surface area contributed by atoms with Crippen LogP contribution in [0.2, 0.25) is 0 Å². The normalized spacial score (nSPS) is 29.4. The Bertz CT molecular complexity index is 515. The summed E-state index contributed by atoms with van der Waals surface area (Å²) in [4.78, 5) is 13.9. The summed E-state index contributed by atoms with van der Waals surface area (Å²) >= 11 is 0. The van der Waals surface area contributed by atoms with Crippen molar-refractivity contribution in [3.8, 4) is 0 Å². The zero-order valence-electron chi connectivity index (χ0n) is 10.7. The van der Waals surface area contributed by atoms with Gasteiger partial charge in [0.15, 0.2) is 0 Å². The minimum absolute atomic E-state index is 0.130. The number of hydrogen-bond donors (Lipinski definition) is 0. The highest BCUT2D eigenvalue weighted by atomic mass is 16.6. The van der Waals surface area contributed by atoms with Gasteiger partial charge in [-0.3, -0.25) is 4.79 Å². The second-order valence-electron chi connectivity index (χ2n) is 5.74. The van der Waals surface area contributed by atoms with Crippen molar-refractivity contribution in [2.24, 2.45) is 0 Å². The Morgan fingerprint density at radius 2 is 1.94 bits per heavy atom. The van der Waals surface area contributed by atoms with E-state index in [0.717, 1.165) is 17.9 Å². The molecule has 1 atom stereocenters. The maximum Gasteiger partial charge on any atom is 0.236 e. The molecule has 0 saturated carbocycles. The molecule has 0 bridgehead atoms. The number of fused-ring (bicyclic) bond motifs is 1. The van der Waals surface area contributed by atoms with Gasteiger partial charge in [0.25, 0.3) is 0 Å². The molecule has 0 aromatic heterocycles. The van der Waals surface area contributed by atoms with E-state index in [4.69, 9.17) is 4.74 Å². The summed E-state index contributed by atoms with van der Waals surface area (Å²) in [6.07, 6.45) is 0. The van der Waals surface area contributed by atoms with E-state index in [-0.39, 0.29) is 11.5 Å². The van der Waals surface area contributed by atoms with Crippen molar-refractivity contribution in [3.63, 3.8) is 0 Å². The molecule has 0 radical (unpaired) electrons. The molecule has 1 amide bonds. The van der Waals surface area contributed by atoms with Crippen molar-refractivity contribution >= 4 is 11.6 Å². The van der Waals surface area contributed by atoms with Crippen molar-refractivity contribution in [1.29, 1.82) is 0 Å². The number of epoxide rings is 1. The Labute approximate surface area is 101 Å². The number of benzene rings is 1. The second kappa shape index (κ2) is 2.91. The average Bonchev–Trinajstić information content (AvgIpc) is 3.02. The molecule has 17 heavy (non-hydrogen) atoms. The standard InChI is InChI=1S/C14H17NO2/c1-13(2)10-7-9(14(3)8-17-14)5-6-11(10)15(4)12(13)16/h5-7H,8H2,1-4H3. The number of nitrogens with zero attached hydrogens (tertiary/aromatic N) is 1.